The summed E-state index contributed by atoms with van der Waals surface area (Å²) < 4.78 is 5.19. The average Bonchev–Trinajstić information content (AvgIpc) is 1.18. The second-order valence-corrected chi connectivity index (χ2v) is 24.0. The molecule has 0 amide bonds. The summed E-state index contributed by atoms with van der Waals surface area (Å²) in [4.78, 5) is 14.4. The van der Waals surface area contributed by atoms with Crippen LogP contribution in [-0.2, 0) is 0 Å². The number of benzene rings is 15. The van der Waals surface area contributed by atoms with Crippen LogP contribution in [0.1, 0.15) is 16.7 Å². The summed E-state index contributed by atoms with van der Waals surface area (Å²) in [7, 11) is 12.1. The quantitative estimate of drug-likeness (QED) is 0.120. The molecule has 0 bridgehead atoms. The van der Waals surface area contributed by atoms with Gasteiger partial charge in [-0.15, -0.1) is 0 Å². The van der Waals surface area contributed by atoms with Crippen LogP contribution >= 0.6 is 0 Å². The van der Waals surface area contributed by atoms with Crippen LogP contribution in [0, 0.1) is 31.8 Å². The van der Waals surface area contributed by atoms with E-state index in [9.17, 15) is 0 Å². The Balaban J connectivity index is 0.000000124. The maximum absolute atomic E-state index is 8.86. The van der Waals surface area contributed by atoms with Crippen LogP contribution in [0.3, 0.4) is 0 Å². The monoisotopic (exact) mass is 1270 g/mol. The van der Waals surface area contributed by atoms with Crippen molar-refractivity contribution in [2.45, 2.75) is 13.8 Å². The molecule has 0 atom stereocenters. The van der Waals surface area contributed by atoms with Crippen molar-refractivity contribution in [3.05, 3.63) is 362 Å². The third kappa shape index (κ3) is 16.5. The van der Waals surface area contributed by atoms with E-state index in [2.05, 4.69) is 331 Å². The Kier molecular flexibility index (Phi) is 21.8. The molecule has 0 heterocycles. The molecule has 480 valence electrons. The van der Waals surface area contributed by atoms with Gasteiger partial charge in [0.2, 0.25) is 0 Å². The Morgan fingerprint density at radius 2 is 0.633 bits per heavy atom. The van der Waals surface area contributed by atoms with Gasteiger partial charge >= 0.3 is 0 Å². The van der Waals surface area contributed by atoms with E-state index in [4.69, 9.17) is 16.6 Å². The number of rotatable bonds is 11. The maximum Gasteiger partial charge on any atom is 0.189 e. The number of aryl methyl sites for hydroxylation is 2. The van der Waals surface area contributed by atoms with E-state index in [1.807, 2.05) is 86.9 Å². The van der Waals surface area contributed by atoms with E-state index in [1.54, 1.807) is 7.11 Å². The van der Waals surface area contributed by atoms with Crippen LogP contribution in [0.2, 0.25) is 0 Å². The highest BCUT2D eigenvalue weighted by Gasteiger charge is 2.12. The first kappa shape index (κ1) is 66.8. The van der Waals surface area contributed by atoms with E-state index < -0.39 is 0 Å². The predicted octanol–water partition coefficient (Wildman–Crippen LogP) is 24.1. The lowest BCUT2D eigenvalue weighted by molar-refractivity contribution is 0.415. The van der Waals surface area contributed by atoms with E-state index >= 15 is 0 Å². The van der Waals surface area contributed by atoms with Crippen LogP contribution in [0.4, 0.5) is 62.6 Å². The number of nitriles is 1. The molecule has 0 aromatic heterocycles. The molecule has 0 saturated carbocycles. The van der Waals surface area contributed by atoms with E-state index in [0.29, 0.717) is 11.3 Å². The van der Waals surface area contributed by atoms with Gasteiger partial charge in [0.15, 0.2) is 5.69 Å². The zero-order valence-electron chi connectivity index (χ0n) is 56.8. The van der Waals surface area contributed by atoms with Crippen molar-refractivity contribution in [3.8, 4) is 11.8 Å². The molecule has 0 unspecified atom stereocenters. The van der Waals surface area contributed by atoms with Crippen LogP contribution in [0.25, 0.3) is 58.7 Å². The second-order valence-electron chi connectivity index (χ2n) is 24.0. The number of methoxy groups -OCH3 is 1. The summed E-state index contributed by atoms with van der Waals surface area (Å²) in [6.45, 7) is 11.4. The third-order valence-corrected chi connectivity index (χ3v) is 17.6. The molecular formula is C90H79N7O. The molecular weight excluding hydrogens is 1200 g/mol. The predicted molar refractivity (Wildman–Crippen MR) is 419 cm³/mol. The van der Waals surface area contributed by atoms with Crippen molar-refractivity contribution < 1.29 is 4.74 Å². The smallest absolute Gasteiger partial charge is 0.189 e. The van der Waals surface area contributed by atoms with Gasteiger partial charge in [-0.05, 0) is 196 Å². The van der Waals surface area contributed by atoms with E-state index in [0.717, 1.165) is 34.2 Å². The third-order valence-electron chi connectivity index (χ3n) is 17.6. The molecule has 0 aliphatic heterocycles. The second kappa shape index (κ2) is 32.0. The number of fused-ring (bicyclic) bond motifs is 5. The number of ether oxygens (including phenoxy) is 1. The topological polar surface area (TPSA) is 53.6 Å². The summed E-state index contributed by atoms with van der Waals surface area (Å²) in [5.41, 5.74) is 15.5. The molecule has 0 aliphatic carbocycles. The van der Waals surface area contributed by atoms with Crippen molar-refractivity contribution >= 4 is 116 Å². The van der Waals surface area contributed by atoms with Gasteiger partial charge in [0.25, 0.3) is 0 Å². The number of nitrogens with zero attached hydrogens (tertiary/aromatic N) is 7. The Morgan fingerprint density at radius 1 is 0.296 bits per heavy atom. The standard InChI is InChI=1S/2C18H14N2.C18H17NO.2C18H17N/c1-19-15-9-6-10-16(13-15)20(2)18-12-5-8-14-7-3-4-11-17(14)18;1-20(16-11-9-14(13-19)10-12-16)18-8-4-6-15-5-2-3-7-17(15)18;1-19(16-9-11-18(20-2)12-10-16)17-8-7-14-5-3-4-6-15(14)13-17;1-14-6-5-9-17(12-14)19(2)18-11-10-15-7-3-4-8-16(15)13-18;1-14-7-10-17(11-8-14)19(2)18-12-9-15-5-3-4-6-16(15)13-18/h3-13H,2H3;2-12H,1H3;3-13H,1-2H3;2*3-13H,1-2H3. The summed E-state index contributed by atoms with van der Waals surface area (Å²) in [5.74, 6) is 0.876. The van der Waals surface area contributed by atoms with Gasteiger partial charge in [-0.1, -0.05) is 206 Å². The minimum absolute atomic E-state index is 0.662. The highest BCUT2D eigenvalue weighted by atomic mass is 16.5. The Bertz CT molecular complexity index is 5240. The molecule has 8 heteroatoms. The van der Waals surface area contributed by atoms with Crippen molar-refractivity contribution in [2.24, 2.45) is 0 Å². The molecule has 0 saturated heterocycles. The molecule has 0 N–H and O–H groups in total. The first-order chi connectivity index (χ1) is 47.8. The molecule has 15 rings (SSSR count). The van der Waals surface area contributed by atoms with Gasteiger partial charge in [-0.3, -0.25) is 0 Å². The lowest BCUT2D eigenvalue weighted by Crippen LogP contribution is -2.09. The maximum atomic E-state index is 8.86. The lowest BCUT2D eigenvalue weighted by atomic mass is 10.1. The summed E-state index contributed by atoms with van der Waals surface area (Å²) >= 11 is 0. The fourth-order valence-electron chi connectivity index (χ4n) is 11.8. The highest BCUT2D eigenvalue weighted by Crippen LogP contribution is 2.36. The Hall–Kier alpha value is -12.6. The van der Waals surface area contributed by atoms with Gasteiger partial charge < -0.3 is 29.2 Å². The number of hydrogen-bond donors (Lipinski definition) is 0. The molecule has 15 aromatic carbocycles. The summed E-state index contributed by atoms with van der Waals surface area (Å²) in [5, 5.41) is 21.4. The van der Waals surface area contributed by atoms with Crippen LogP contribution in [0.15, 0.2) is 334 Å². The number of hydrogen-bond acceptors (Lipinski definition) is 7. The number of anilines is 10. The van der Waals surface area contributed by atoms with Crippen LogP contribution < -0.4 is 29.2 Å². The van der Waals surface area contributed by atoms with Crippen molar-refractivity contribution in [2.75, 3.05) is 66.8 Å². The normalized spacial score (nSPS) is 10.4. The lowest BCUT2D eigenvalue weighted by Gasteiger charge is -2.21. The molecule has 8 nitrogen and oxygen atoms in total. The zero-order chi connectivity index (χ0) is 68.3. The van der Waals surface area contributed by atoms with Gasteiger partial charge in [0.1, 0.15) is 5.75 Å². The summed E-state index contributed by atoms with van der Waals surface area (Å²) in [6, 6.07) is 117. The molecule has 0 aliphatic rings. The first-order valence-corrected chi connectivity index (χ1v) is 32.7. The fourth-order valence-corrected chi connectivity index (χ4v) is 11.8. The minimum atomic E-state index is 0.662. The van der Waals surface area contributed by atoms with Crippen LogP contribution in [-0.4, -0.2) is 42.3 Å². The Labute approximate surface area is 577 Å². The summed E-state index contributed by atoms with van der Waals surface area (Å²) in [6.07, 6.45) is 0. The highest BCUT2D eigenvalue weighted by molar-refractivity contribution is 5.97. The molecule has 15 aromatic rings. The fraction of sp³-hybridized carbons (Fsp3) is 0.0889. The molecule has 0 spiro atoms. The molecule has 98 heavy (non-hydrogen) atoms. The largest absolute Gasteiger partial charge is 0.497 e. The molecule has 0 fully saturated rings. The van der Waals surface area contributed by atoms with Crippen molar-refractivity contribution in [1.82, 2.24) is 0 Å². The first-order valence-electron chi connectivity index (χ1n) is 32.7. The van der Waals surface area contributed by atoms with Gasteiger partial charge in [-0.2, -0.15) is 5.26 Å². The average molecular weight is 1270 g/mol. The van der Waals surface area contributed by atoms with Gasteiger partial charge in [0, 0.05) is 103 Å². The van der Waals surface area contributed by atoms with Gasteiger partial charge in [0.05, 0.1) is 25.3 Å². The molecule has 0 radical (unpaired) electrons. The van der Waals surface area contributed by atoms with Crippen molar-refractivity contribution in [1.29, 1.82) is 5.26 Å². The van der Waals surface area contributed by atoms with Crippen molar-refractivity contribution in [3.63, 3.8) is 0 Å². The zero-order valence-corrected chi connectivity index (χ0v) is 56.8. The Morgan fingerprint density at radius 3 is 1.07 bits per heavy atom. The van der Waals surface area contributed by atoms with Gasteiger partial charge in [-0.25, -0.2) is 4.85 Å². The van der Waals surface area contributed by atoms with Crippen LogP contribution in [0.5, 0.6) is 5.75 Å². The van der Waals surface area contributed by atoms with E-state index in [1.165, 1.54) is 93.4 Å². The minimum Gasteiger partial charge on any atom is -0.497 e. The SMILES string of the molecule is CN(c1ccc(C#N)cc1)c1cccc2ccccc12.COc1ccc(N(C)c2ccc3ccccc3c2)cc1.Cc1ccc(N(C)c2ccc3ccccc3c2)cc1.Cc1cccc(N(C)c2ccc3ccccc3c2)c1.[C-]#[N+]c1cccc(N(C)c2cccc3ccccc23)c1. The van der Waals surface area contributed by atoms with E-state index in [-0.39, 0.29) is 0 Å².